The van der Waals surface area contributed by atoms with E-state index in [4.69, 9.17) is 9.84 Å². The molecule has 1 atom stereocenters. The van der Waals surface area contributed by atoms with Crippen molar-refractivity contribution in [1.29, 1.82) is 0 Å². The lowest BCUT2D eigenvalue weighted by Crippen LogP contribution is -2.35. The fraction of sp³-hybridized carbons (Fsp3) is 0.222. The summed E-state index contributed by atoms with van der Waals surface area (Å²) in [7, 11) is 1.29. The molecule has 0 aliphatic carbocycles. The van der Waals surface area contributed by atoms with Crippen LogP contribution < -0.4 is 9.75 Å². The van der Waals surface area contributed by atoms with Crippen molar-refractivity contribution in [1.82, 2.24) is 0 Å². The van der Waals surface area contributed by atoms with Gasteiger partial charge in [0.25, 0.3) is 0 Å². The van der Waals surface area contributed by atoms with Crippen LogP contribution in [0, 0.1) is 10.1 Å². The molecule has 1 aromatic rings. The second-order valence-corrected chi connectivity index (χ2v) is 4.17. The van der Waals surface area contributed by atoms with Gasteiger partial charge in [-0.1, -0.05) is 5.01 Å². The Labute approximate surface area is 109 Å². The smallest absolute Gasteiger partial charge is 0.329 e. The van der Waals surface area contributed by atoms with Crippen LogP contribution in [0.4, 0.5) is 5.69 Å². The van der Waals surface area contributed by atoms with Gasteiger partial charge in [-0.2, -0.15) is 0 Å². The molecule has 104 valence electrons. The van der Waals surface area contributed by atoms with E-state index in [1.807, 2.05) is 0 Å². The molecule has 0 saturated heterocycles. The summed E-state index contributed by atoms with van der Waals surface area (Å²) in [5, 5.41) is 18.7. The Balaban J connectivity index is 3.36. The number of hydrazine groups is 1. The number of anilines is 1. The molecule has 0 aromatic heterocycles. The summed E-state index contributed by atoms with van der Waals surface area (Å²) in [4.78, 5) is 21.0. The number of nitro groups is 1. The Morgan fingerprint density at radius 1 is 1.58 bits per heavy atom. The van der Waals surface area contributed by atoms with E-state index in [0.717, 1.165) is 12.1 Å². The molecule has 1 rings (SSSR count). The van der Waals surface area contributed by atoms with Gasteiger partial charge in [-0.15, -0.1) is 0 Å². The van der Waals surface area contributed by atoms with Crippen molar-refractivity contribution in [2.24, 2.45) is 0 Å². The van der Waals surface area contributed by atoms with E-state index in [1.165, 1.54) is 13.2 Å². The summed E-state index contributed by atoms with van der Waals surface area (Å²) in [6, 6.07) is 3.47. The number of carbonyl (C=O) groups is 1. The Morgan fingerprint density at radius 3 is 2.63 bits per heavy atom. The molecule has 9 nitrogen and oxygen atoms in total. The van der Waals surface area contributed by atoms with Crippen molar-refractivity contribution in [3.8, 4) is 5.75 Å². The van der Waals surface area contributed by atoms with E-state index in [-0.39, 0.29) is 16.4 Å². The minimum Gasteiger partial charge on any atom is -0.768 e. The Kier molecular flexibility index (Phi) is 4.78. The molecule has 10 heteroatoms. The number of aliphatic carboxylic acids is 1. The molecule has 1 unspecified atom stereocenters. The number of ether oxygens (including phenoxy) is 1. The second kappa shape index (κ2) is 6.11. The summed E-state index contributed by atoms with van der Waals surface area (Å²) in [6.45, 7) is -0.982. The molecule has 0 aliphatic heterocycles. The highest BCUT2D eigenvalue weighted by molar-refractivity contribution is 7.79. The standard InChI is InChI=1S/C9H10N2O7S/c1-18-6-2-3-8(19(16)17)7(4-6)10(11(14)15)5-9(12)13/h2-4H,5H2,1H3,(H,12,13)(H,16,17)/p-1. The predicted octanol–water partition coefficient (Wildman–Crippen LogP) is 0.0159. The van der Waals surface area contributed by atoms with Crippen LogP contribution in [0.3, 0.4) is 0 Å². The van der Waals surface area contributed by atoms with Gasteiger partial charge in [-0.3, -0.25) is 9.00 Å². The van der Waals surface area contributed by atoms with Crippen molar-refractivity contribution in [3.05, 3.63) is 28.3 Å². The van der Waals surface area contributed by atoms with Crippen molar-refractivity contribution in [2.75, 3.05) is 18.7 Å². The van der Waals surface area contributed by atoms with Gasteiger partial charge in [0.2, 0.25) is 0 Å². The van der Waals surface area contributed by atoms with Gasteiger partial charge < -0.3 is 14.4 Å². The van der Waals surface area contributed by atoms with E-state index in [2.05, 4.69) is 0 Å². The van der Waals surface area contributed by atoms with E-state index >= 15 is 0 Å². The summed E-state index contributed by atoms with van der Waals surface area (Å²) >= 11 is -2.75. The van der Waals surface area contributed by atoms with Gasteiger partial charge in [0.05, 0.1) is 12.0 Å². The highest BCUT2D eigenvalue weighted by Gasteiger charge is 2.25. The zero-order valence-corrected chi connectivity index (χ0v) is 10.5. The normalized spacial score (nSPS) is 11.7. The third kappa shape index (κ3) is 3.63. The van der Waals surface area contributed by atoms with Crippen molar-refractivity contribution >= 4 is 22.7 Å². The van der Waals surface area contributed by atoms with Gasteiger partial charge >= 0.3 is 5.97 Å². The zero-order valence-electron chi connectivity index (χ0n) is 9.64. The first kappa shape index (κ1) is 14.9. The summed E-state index contributed by atoms with van der Waals surface area (Å²) < 4.78 is 26.8. The summed E-state index contributed by atoms with van der Waals surface area (Å²) in [5.74, 6) is -1.30. The van der Waals surface area contributed by atoms with Gasteiger partial charge in [0.15, 0.2) is 11.6 Å². The van der Waals surface area contributed by atoms with Crippen LogP contribution in [0.2, 0.25) is 0 Å². The van der Waals surface area contributed by atoms with E-state index in [1.54, 1.807) is 0 Å². The minimum absolute atomic E-state index is 0.168. The summed E-state index contributed by atoms with van der Waals surface area (Å²) in [5.41, 5.74) is -0.375. The zero-order chi connectivity index (χ0) is 14.6. The van der Waals surface area contributed by atoms with Crippen LogP contribution in [-0.2, 0) is 15.9 Å². The number of carboxylic acids is 1. The molecular formula is C9H9N2O7S-. The van der Waals surface area contributed by atoms with Crippen LogP contribution in [0.1, 0.15) is 0 Å². The van der Waals surface area contributed by atoms with Crippen LogP contribution in [0.15, 0.2) is 23.1 Å². The monoisotopic (exact) mass is 289 g/mol. The Bertz CT molecular complexity index is 533. The maximum atomic E-state index is 11.0. The van der Waals surface area contributed by atoms with Crippen LogP contribution in [-0.4, -0.2) is 38.5 Å². The lowest BCUT2D eigenvalue weighted by Gasteiger charge is -2.18. The predicted molar refractivity (Wildman–Crippen MR) is 62.2 cm³/mol. The van der Waals surface area contributed by atoms with Gasteiger partial charge in [0, 0.05) is 6.07 Å². The molecule has 0 amide bonds. The molecular weight excluding hydrogens is 280 g/mol. The summed E-state index contributed by atoms with van der Waals surface area (Å²) in [6.07, 6.45) is 0. The van der Waals surface area contributed by atoms with Crippen molar-refractivity contribution in [2.45, 2.75) is 4.90 Å². The van der Waals surface area contributed by atoms with Gasteiger partial charge in [-0.25, -0.2) is 10.1 Å². The number of methoxy groups -OCH3 is 1. The second-order valence-electron chi connectivity index (χ2n) is 3.26. The number of rotatable bonds is 6. The van der Waals surface area contributed by atoms with Crippen LogP contribution in [0.25, 0.3) is 0 Å². The molecule has 19 heavy (non-hydrogen) atoms. The molecule has 1 N–H and O–H groups in total. The minimum atomic E-state index is -2.75. The van der Waals surface area contributed by atoms with E-state index in [9.17, 15) is 23.7 Å². The number of nitrogens with zero attached hydrogens (tertiary/aromatic N) is 2. The van der Waals surface area contributed by atoms with Gasteiger partial charge in [-0.05, 0) is 23.2 Å². The average Bonchev–Trinajstić information content (AvgIpc) is 2.34. The first-order valence-corrected chi connectivity index (χ1v) is 5.85. The third-order valence-electron chi connectivity index (χ3n) is 2.11. The highest BCUT2D eigenvalue weighted by atomic mass is 32.2. The van der Waals surface area contributed by atoms with E-state index in [0.29, 0.717) is 0 Å². The largest absolute Gasteiger partial charge is 0.768 e. The van der Waals surface area contributed by atoms with Crippen LogP contribution in [0.5, 0.6) is 5.75 Å². The number of hydrogen-bond donors (Lipinski definition) is 1. The molecule has 0 spiro atoms. The Hall–Kier alpha value is -2.20. The van der Waals surface area contributed by atoms with Crippen molar-refractivity contribution in [3.63, 3.8) is 0 Å². The first-order valence-electron chi connectivity index (χ1n) is 4.77. The topological polar surface area (TPSA) is 133 Å². The van der Waals surface area contributed by atoms with Crippen molar-refractivity contribution < 1.29 is 28.4 Å². The SMILES string of the molecule is COc1ccc(S(=O)[O-])c(N(CC(=O)O)[N+](=O)[O-])c1. The quantitative estimate of drug-likeness (QED) is 0.440. The fourth-order valence-electron chi connectivity index (χ4n) is 1.33. The lowest BCUT2D eigenvalue weighted by atomic mass is 10.3. The molecule has 0 heterocycles. The fourth-order valence-corrected chi connectivity index (χ4v) is 1.84. The maximum absolute atomic E-state index is 11.0. The molecule has 0 aliphatic rings. The molecule has 0 radical (unpaired) electrons. The highest BCUT2D eigenvalue weighted by Crippen LogP contribution is 2.28. The van der Waals surface area contributed by atoms with Crippen LogP contribution >= 0.6 is 0 Å². The number of benzene rings is 1. The lowest BCUT2D eigenvalue weighted by molar-refractivity contribution is -0.493. The maximum Gasteiger partial charge on any atom is 0.329 e. The average molecular weight is 289 g/mol. The molecule has 0 saturated carbocycles. The number of carboxylic acid groups (broad SMARTS) is 1. The molecule has 0 fully saturated rings. The Morgan fingerprint density at radius 2 is 2.21 bits per heavy atom. The number of hydrogen-bond acceptors (Lipinski definition) is 6. The third-order valence-corrected chi connectivity index (χ3v) is 2.81. The van der Waals surface area contributed by atoms with E-state index < -0.39 is 33.5 Å². The first-order chi connectivity index (χ1) is 8.86. The molecule has 1 aromatic carbocycles. The van der Waals surface area contributed by atoms with Gasteiger partial charge in [0.1, 0.15) is 11.4 Å². The molecule has 0 bridgehead atoms.